The van der Waals surface area contributed by atoms with Crippen molar-refractivity contribution in [1.29, 1.82) is 0 Å². The summed E-state index contributed by atoms with van der Waals surface area (Å²) in [4.78, 5) is 16.0. The molecule has 0 aromatic heterocycles. The van der Waals surface area contributed by atoms with Crippen LogP contribution in [0.25, 0.3) is 0 Å². The number of carbonyl (C=O) groups is 1. The second-order valence-corrected chi connectivity index (χ2v) is 6.93. The smallest absolute Gasteiger partial charge is 0.254 e. The first kappa shape index (κ1) is 15.5. The maximum atomic E-state index is 13.0. The van der Waals surface area contributed by atoms with Gasteiger partial charge in [0.2, 0.25) is 0 Å². The van der Waals surface area contributed by atoms with Crippen molar-refractivity contribution in [3.05, 3.63) is 35.6 Å². The summed E-state index contributed by atoms with van der Waals surface area (Å²) in [6.07, 6.45) is 5.40. The zero-order chi connectivity index (χ0) is 15.5. The fourth-order valence-electron chi connectivity index (χ4n) is 3.99. The summed E-state index contributed by atoms with van der Waals surface area (Å²) >= 11 is 0. The Labute approximate surface area is 132 Å². The number of amides is 1. The second-order valence-electron chi connectivity index (χ2n) is 6.93. The number of benzene rings is 1. The highest BCUT2D eigenvalue weighted by Crippen LogP contribution is 2.22. The third-order valence-corrected chi connectivity index (χ3v) is 5.30. The van der Waals surface area contributed by atoms with Crippen LogP contribution in [0.5, 0.6) is 0 Å². The first-order valence-corrected chi connectivity index (χ1v) is 8.53. The van der Waals surface area contributed by atoms with Gasteiger partial charge < -0.3 is 9.80 Å². The van der Waals surface area contributed by atoms with Gasteiger partial charge >= 0.3 is 0 Å². The number of nitrogens with one attached hydrogen (secondary N) is 1. The highest BCUT2D eigenvalue weighted by Gasteiger charge is 2.32. The molecule has 1 amide bonds. The monoisotopic (exact) mass is 305 g/mol. The fourth-order valence-corrected chi connectivity index (χ4v) is 3.99. The van der Waals surface area contributed by atoms with E-state index < -0.39 is 0 Å². The molecule has 22 heavy (non-hydrogen) atoms. The van der Waals surface area contributed by atoms with Crippen LogP contribution in [0.1, 0.15) is 43.0 Å². The van der Waals surface area contributed by atoms with Crippen LogP contribution in [-0.2, 0) is 0 Å². The van der Waals surface area contributed by atoms with Gasteiger partial charge in [-0.25, -0.2) is 4.39 Å². The Bertz CT molecular complexity index is 508. The predicted octanol–water partition coefficient (Wildman–Crippen LogP) is 1.75. The summed E-state index contributed by atoms with van der Waals surface area (Å²) < 4.78 is 13.0. The molecule has 1 aliphatic carbocycles. The number of nitrogens with zero attached hydrogens (tertiary/aromatic N) is 1. The highest BCUT2D eigenvalue weighted by atomic mass is 19.1. The highest BCUT2D eigenvalue weighted by molar-refractivity contribution is 5.94. The van der Waals surface area contributed by atoms with Crippen LogP contribution in [-0.4, -0.2) is 43.0 Å². The molecule has 1 saturated heterocycles. The fraction of sp³-hybridized carbons (Fsp3) is 0.611. The van der Waals surface area contributed by atoms with Crippen LogP contribution in [0, 0.1) is 11.7 Å². The average Bonchev–Trinajstić information content (AvgIpc) is 2.55. The van der Waals surface area contributed by atoms with Crippen molar-refractivity contribution in [1.82, 2.24) is 4.90 Å². The summed E-state index contributed by atoms with van der Waals surface area (Å²) in [5.41, 5.74) is 0.594. The van der Waals surface area contributed by atoms with Gasteiger partial charge in [0, 0.05) is 12.0 Å². The van der Waals surface area contributed by atoms with E-state index in [4.69, 9.17) is 0 Å². The Morgan fingerprint density at radius 3 is 2.50 bits per heavy atom. The Balaban J connectivity index is 1.55. The van der Waals surface area contributed by atoms with E-state index >= 15 is 0 Å². The van der Waals surface area contributed by atoms with Gasteiger partial charge in [0.1, 0.15) is 5.82 Å². The van der Waals surface area contributed by atoms with Gasteiger partial charge in [-0.1, -0.05) is 13.3 Å². The molecule has 1 N–H and O–H groups in total. The summed E-state index contributed by atoms with van der Waals surface area (Å²) in [5, 5.41) is 0. The second kappa shape index (κ2) is 6.78. The number of hydrogen-bond donors (Lipinski definition) is 1. The molecule has 3 nitrogen and oxygen atoms in total. The first-order chi connectivity index (χ1) is 10.6. The quantitative estimate of drug-likeness (QED) is 0.884. The van der Waals surface area contributed by atoms with Crippen LogP contribution in [0.4, 0.5) is 4.39 Å². The molecule has 0 spiro atoms. The number of rotatable bonds is 2. The minimum Gasteiger partial charge on any atom is -0.330 e. The van der Waals surface area contributed by atoms with E-state index in [0.717, 1.165) is 38.1 Å². The molecule has 1 aliphatic heterocycles. The van der Waals surface area contributed by atoms with E-state index in [1.54, 1.807) is 17.0 Å². The summed E-state index contributed by atoms with van der Waals surface area (Å²) in [6.45, 7) is 6.08. The van der Waals surface area contributed by atoms with Crippen LogP contribution in [0.15, 0.2) is 24.3 Å². The summed E-state index contributed by atoms with van der Waals surface area (Å²) in [6, 6.07) is 6.67. The SMILES string of the molecule is C[C@H]1CCC[C@H]([NH+]2CCN(C(=O)c3ccc(F)cc3)CC2)C1. The van der Waals surface area contributed by atoms with E-state index in [1.807, 2.05) is 4.90 Å². The molecule has 2 aliphatic rings. The molecule has 1 heterocycles. The van der Waals surface area contributed by atoms with Gasteiger partial charge in [-0.15, -0.1) is 0 Å². The first-order valence-electron chi connectivity index (χ1n) is 8.53. The molecular weight excluding hydrogens is 279 g/mol. The van der Waals surface area contributed by atoms with Crippen molar-refractivity contribution in [3.8, 4) is 0 Å². The Hall–Kier alpha value is -1.42. The van der Waals surface area contributed by atoms with Crippen molar-refractivity contribution in [2.75, 3.05) is 26.2 Å². The molecule has 1 aromatic rings. The molecule has 3 rings (SSSR count). The van der Waals surface area contributed by atoms with Crippen LogP contribution >= 0.6 is 0 Å². The van der Waals surface area contributed by atoms with Gasteiger partial charge in [-0.2, -0.15) is 0 Å². The minimum atomic E-state index is -0.294. The topological polar surface area (TPSA) is 24.8 Å². The molecule has 0 unspecified atom stereocenters. The van der Waals surface area contributed by atoms with E-state index in [1.165, 1.54) is 37.8 Å². The number of quaternary nitrogens is 1. The lowest BCUT2D eigenvalue weighted by Gasteiger charge is -2.39. The maximum Gasteiger partial charge on any atom is 0.254 e. The molecule has 2 fully saturated rings. The number of carbonyl (C=O) groups excluding carboxylic acids is 1. The molecule has 2 atom stereocenters. The van der Waals surface area contributed by atoms with Crippen molar-refractivity contribution in [3.63, 3.8) is 0 Å². The van der Waals surface area contributed by atoms with E-state index in [-0.39, 0.29) is 11.7 Å². The summed E-state index contributed by atoms with van der Waals surface area (Å²) in [5.74, 6) is 0.596. The predicted molar refractivity (Wildman–Crippen MR) is 84.4 cm³/mol. The maximum absolute atomic E-state index is 13.0. The van der Waals surface area contributed by atoms with Crippen molar-refractivity contribution in [2.24, 2.45) is 5.92 Å². The van der Waals surface area contributed by atoms with Gasteiger partial charge in [-0.3, -0.25) is 4.79 Å². The van der Waals surface area contributed by atoms with Gasteiger partial charge in [-0.05, 0) is 43.0 Å². The zero-order valence-electron chi connectivity index (χ0n) is 13.4. The van der Waals surface area contributed by atoms with Gasteiger partial charge in [0.25, 0.3) is 5.91 Å². The normalized spacial score (nSPS) is 26.9. The van der Waals surface area contributed by atoms with Gasteiger partial charge in [0.15, 0.2) is 0 Å². The average molecular weight is 305 g/mol. The molecule has 4 heteroatoms. The number of halogens is 1. The van der Waals surface area contributed by atoms with Crippen molar-refractivity contribution in [2.45, 2.75) is 38.6 Å². The van der Waals surface area contributed by atoms with Crippen LogP contribution < -0.4 is 4.90 Å². The third-order valence-electron chi connectivity index (χ3n) is 5.30. The molecule has 120 valence electrons. The van der Waals surface area contributed by atoms with E-state index in [0.29, 0.717) is 5.56 Å². The van der Waals surface area contributed by atoms with Crippen LogP contribution in [0.3, 0.4) is 0 Å². The van der Waals surface area contributed by atoms with Crippen molar-refractivity contribution < 1.29 is 14.1 Å². The molecule has 1 aromatic carbocycles. The van der Waals surface area contributed by atoms with Crippen molar-refractivity contribution >= 4 is 5.91 Å². The van der Waals surface area contributed by atoms with E-state index in [2.05, 4.69) is 6.92 Å². The largest absolute Gasteiger partial charge is 0.330 e. The number of piperazine rings is 1. The lowest BCUT2D eigenvalue weighted by molar-refractivity contribution is -0.930. The van der Waals surface area contributed by atoms with Crippen LogP contribution in [0.2, 0.25) is 0 Å². The molecule has 0 radical (unpaired) electrons. The number of hydrogen-bond acceptors (Lipinski definition) is 1. The summed E-state index contributed by atoms with van der Waals surface area (Å²) in [7, 11) is 0. The molecule has 1 saturated carbocycles. The lowest BCUT2D eigenvalue weighted by Crippen LogP contribution is -3.18. The zero-order valence-corrected chi connectivity index (χ0v) is 13.4. The minimum absolute atomic E-state index is 0.0380. The molecular formula is C18H26FN2O+. The Morgan fingerprint density at radius 1 is 1.18 bits per heavy atom. The Morgan fingerprint density at radius 2 is 1.86 bits per heavy atom. The van der Waals surface area contributed by atoms with E-state index in [9.17, 15) is 9.18 Å². The van der Waals surface area contributed by atoms with Gasteiger partial charge in [0.05, 0.1) is 32.2 Å². The lowest BCUT2D eigenvalue weighted by atomic mass is 9.86. The Kier molecular flexibility index (Phi) is 4.77. The molecule has 0 bridgehead atoms. The third kappa shape index (κ3) is 3.49. The standard InChI is InChI=1S/C18H25FN2O/c1-14-3-2-4-17(13-14)20-9-11-21(12-10-20)18(22)15-5-7-16(19)8-6-15/h5-8,14,17H,2-4,9-13H2,1H3/p+1/t14-,17-/m0/s1.